The van der Waals surface area contributed by atoms with E-state index in [0.717, 1.165) is 48.8 Å². The largest absolute Gasteiger partial charge is 0.309 e. The van der Waals surface area contributed by atoms with Crippen molar-refractivity contribution in [1.29, 1.82) is 0 Å². The standard InChI is InChI=1S/C46H31N5S/c1-3-4-26-42-29(2)32-22-15-23-35(43(32)52-42)45-47-44(30-16-7-5-8-17-30)48-46(49-45)51-39-25-14-12-21-34(39)37-27-40-36(28-41(37)51)33-20-11-13-24-38(33)50(40)31-18-9-6-10-19-31/h3-28H,1H2,2H3/b26-4-. The van der Waals surface area contributed by atoms with E-state index >= 15 is 0 Å². The molecule has 0 aliphatic heterocycles. The van der Waals surface area contributed by atoms with Crippen LogP contribution in [0.15, 0.2) is 158 Å². The molecule has 0 saturated carbocycles. The van der Waals surface area contributed by atoms with Crippen molar-refractivity contribution >= 4 is 71.1 Å². The van der Waals surface area contributed by atoms with Crippen molar-refractivity contribution in [2.24, 2.45) is 0 Å². The number of aryl methyl sites for hydroxylation is 1. The normalized spacial score (nSPS) is 11.9. The first-order valence-corrected chi connectivity index (χ1v) is 18.1. The molecule has 0 unspecified atom stereocenters. The minimum Gasteiger partial charge on any atom is -0.309 e. The maximum Gasteiger partial charge on any atom is 0.238 e. The molecular weight excluding hydrogens is 655 g/mol. The highest BCUT2D eigenvalue weighted by Crippen LogP contribution is 2.41. The van der Waals surface area contributed by atoms with Crippen LogP contribution in [0.25, 0.3) is 94.2 Å². The Morgan fingerprint density at radius 2 is 1.15 bits per heavy atom. The summed E-state index contributed by atoms with van der Waals surface area (Å²) in [6.45, 7) is 6.05. The Balaban J connectivity index is 1.29. The molecule has 0 N–H and O–H groups in total. The van der Waals surface area contributed by atoms with Crippen molar-refractivity contribution in [2.45, 2.75) is 6.92 Å². The monoisotopic (exact) mass is 685 g/mol. The Kier molecular flexibility index (Phi) is 6.98. The lowest BCUT2D eigenvalue weighted by atomic mass is 10.1. The van der Waals surface area contributed by atoms with Crippen LogP contribution in [0, 0.1) is 6.92 Å². The zero-order valence-corrected chi connectivity index (χ0v) is 29.2. The van der Waals surface area contributed by atoms with Gasteiger partial charge in [0.05, 0.1) is 22.1 Å². The van der Waals surface area contributed by atoms with Crippen LogP contribution in [0.1, 0.15) is 10.4 Å². The van der Waals surface area contributed by atoms with Crippen molar-refractivity contribution < 1.29 is 0 Å². The van der Waals surface area contributed by atoms with Crippen LogP contribution in [-0.2, 0) is 0 Å². The van der Waals surface area contributed by atoms with Crippen LogP contribution in [0.4, 0.5) is 0 Å². The first-order chi connectivity index (χ1) is 25.7. The highest BCUT2D eigenvalue weighted by molar-refractivity contribution is 7.20. The zero-order valence-electron chi connectivity index (χ0n) is 28.4. The van der Waals surface area contributed by atoms with Crippen molar-refractivity contribution in [1.82, 2.24) is 24.1 Å². The fourth-order valence-electron chi connectivity index (χ4n) is 7.55. The summed E-state index contributed by atoms with van der Waals surface area (Å²) in [6, 6.07) is 49.1. The number of allylic oxidation sites excluding steroid dienone is 2. The molecule has 0 radical (unpaired) electrons. The fourth-order valence-corrected chi connectivity index (χ4v) is 8.78. The number of hydrogen-bond donors (Lipinski definition) is 0. The third-order valence-electron chi connectivity index (χ3n) is 9.96. The molecule has 4 heterocycles. The number of benzene rings is 6. The van der Waals surface area contributed by atoms with E-state index in [4.69, 9.17) is 15.0 Å². The molecule has 52 heavy (non-hydrogen) atoms. The average molecular weight is 686 g/mol. The number of fused-ring (bicyclic) bond motifs is 7. The summed E-state index contributed by atoms with van der Waals surface area (Å²) in [7, 11) is 0. The van der Waals surface area contributed by atoms with Crippen LogP contribution in [0.3, 0.4) is 0 Å². The predicted molar refractivity (Wildman–Crippen MR) is 219 cm³/mol. The van der Waals surface area contributed by atoms with Crippen LogP contribution >= 0.6 is 11.3 Å². The van der Waals surface area contributed by atoms with Crippen molar-refractivity contribution in [3.05, 3.63) is 169 Å². The second-order valence-corrected chi connectivity index (χ2v) is 14.0. The Labute approximate surface area is 304 Å². The fraction of sp³-hybridized carbons (Fsp3) is 0.0217. The Bertz CT molecular complexity index is 3040. The Hall–Kier alpha value is -6.63. The summed E-state index contributed by atoms with van der Waals surface area (Å²) in [4.78, 5) is 16.9. The average Bonchev–Trinajstić information content (AvgIpc) is 3.83. The van der Waals surface area contributed by atoms with Gasteiger partial charge in [0.1, 0.15) is 0 Å². The molecule has 0 spiro atoms. The highest BCUT2D eigenvalue weighted by atomic mass is 32.1. The van der Waals surface area contributed by atoms with Gasteiger partial charge in [-0.25, -0.2) is 4.98 Å². The van der Waals surface area contributed by atoms with E-state index in [0.29, 0.717) is 17.6 Å². The summed E-state index contributed by atoms with van der Waals surface area (Å²) < 4.78 is 5.74. The Morgan fingerprint density at radius 3 is 1.87 bits per heavy atom. The highest BCUT2D eigenvalue weighted by Gasteiger charge is 2.22. The second kappa shape index (κ2) is 12.0. The third-order valence-corrected chi connectivity index (χ3v) is 11.3. The molecule has 10 aromatic rings. The molecule has 10 rings (SSSR count). The van der Waals surface area contributed by atoms with Gasteiger partial charge in [0, 0.05) is 47.9 Å². The molecule has 6 aromatic carbocycles. The maximum absolute atomic E-state index is 5.33. The van der Waals surface area contributed by atoms with E-state index in [-0.39, 0.29) is 0 Å². The molecule has 6 heteroatoms. The Morgan fingerprint density at radius 1 is 0.558 bits per heavy atom. The zero-order chi connectivity index (χ0) is 34.8. The molecule has 5 nitrogen and oxygen atoms in total. The minimum absolute atomic E-state index is 0.582. The lowest BCUT2D eigenvalue weighted by Gasteiger charge is -2.11. The van der Waals surface area contributed by atoms with Gasteiger partial charge in [-0.1, -0.05) is 116 Å². The molecule has 246 valence electrons. The van der Waals surface area contributed by atoms with Gasteiger partial charge >= 0.3 is 0 Å². The molecule has 0 bridgehead atoms. The smallest absolute Gasteiger partial charge is 0.238 e. The summed E-state index contributed by atoms with van der Waals surface area (Å²) in [6.07, 6.45) is 5.93. The summed E-state index contributed by atoms with van der Waals surface area (Å²) in [5.41, 5.74) is 8.70. The van der Waals surface area contributed by atoms with Gasteiger partial charge in [0.2, 0.25) is 5.95 Å². The molecule has 4 aromatic heterocycles. The molecule has 0 saturated heterocycles. The number of rotatable bonds is 6. The van der Waals surface area contributed by atoms with Gasteiger partial charge in [-0.05, 0) is 66.4 Å². The number of thiophene rings is 1. The van der Waals surface area contributed by atoms with E-state index in [1.807, 2.05) is 30.4 Å². The maximum atomic E-state index is 5.33. The number of aromatic nitrogens is 5. The molecule has 0 aliphatic carbocycles. The van der Waals surface area contributed by atoms with Gasteiger partial charge in [0.15, 0.2) is 11.6 Å². The van der Waals surface area contributed by atoms with Crippen LogP contribution in [-0.4, -0.2) is 24.1 Å². The quantitative estimate of drug-likeness (QED) is 0.164. The number of nitrogens with zero attached hydrogens (tertiary/aromatic N) is 5. The molecular formula is C46H31N5S. The summed E-state index contributed by atoms with van der Waals surface area (Å²) >= 11 is 1.75. The number of hydrogen-bond acceptors (Lipinski definition) is 4. The molecule has 0 aliphatic rings. The number of para-hydroxylation sites is 3. The van der Waals surface area contributed by atoms with Crippen LogP contribution in [0.2, 0.25) is 0 Å². The van der Waals surface area contributed by atoms with E-state index in [9.17, 15) is 0 Å². The van der Waals surface area contributed by atoms with Gasteiger partial charge in [-0.2, -0.15) is 9.97 Å². The first-order valence-electron chi connectivity index (χ1n) is 17.3. The minimum atomic E-state index is 0.582. The van der Waals surface area contributed by atoms with E-state index in [2.05, 4.69) is 150 Å². The van der Waals surface area contributed by atoms with Gasteiger partial charge < -0.3 is 4.57 Å². The van der Waals surface area contributed by atoms with E-state index in [1.54, 1.807) is 11.3 Å². The second-order valence-electron chi connectivity index (χ2n) is 12.9. The lowest BCUT2D eigenvalue weighted by Crippen LogP contribution is -2.06. The third kappa shape index (κ3) is 4.65. The SMILES string of the molecule is C=C/C=C\c1sc2c(-c3nc(-c4ccccc4)nc(-n4c5ccccc5c5cc6c(cc54)c4ccccc4n6-c4ccccc4)n3)cccc2c1C. The van der Waals surface area contributed by atoms with E-state index in [1.165, 1.54) is 32.1 Å². The summed E-state index contributed by atoms with van der Waals surface area (Å²) in [5, 5.41) is 5.85. The molecule has 0 fully saturated rings. The lowest BCUT2D eigenvalue weighted by molar-refractivity contribution is 0.955. The van der Waals surface area contributed by atoms with Gasteiger partial charge in [-0.15, -0.1) is 11.3 Å². The summed E-state index contributed by atoms with van der Waals surface area (Å²) in [5.74, 6) is 1.85. The van der Waals surface area contributed by atoms with Gasteiger partial charge in [-0.3, -0.25) is 4.57 Å². The topological polar surface area (TPSA) is 48.5 Å². The van der Waals surface area contributed by atoms with Gasteiger partial charge in [0.25, 0.3) is 0 Å². The predicted octanol–water partition coefficient (Wildman–Crippen LogP) is 12.1. The van der Waals surface area contributed by atoms with E-state index < -0.39 is 0 Å². The van der Waals surface area contributed by atoms with Crippen LogP contribution < -0.4 is 0 Å². The van der Waals surface area contributed by atoms with Crippen LogP contribution in [0.5, 0.6) is 0 Å². The van der Waals surface area contributed by atoms with Crippen molar-refractivity contribution in [3.63, 3.8) is 0 Å². The molecule has 0 amide bonds. The molecule has 0 atom stereocenters. The van der Waals surface area contributed by atoms with Crippen molar-refractivity contribution in [3.8, 4) is 34.4 Å². The van der Waals surface area contributed by atoms with Crippen molar-refractivity contribution in [2.75, 3.05) is 0 Å². The first kappa shape index (κ1) is 30.2.